The summed E-state index contributed by atoms with van der Waals surface area (Å²) in [6.07, 6.45) is 6.65. The lowest BCUT2D eigenvalue weighted by molar-refractivity contribution is 0.0947. The highest BCUT2D eigenvalue weighted by molar-refractivity contribution is 7.94. The molecule has 1 unspecified atom stereocenters. The van der Waals surface area contributed by atoms with Crippen LogP contribution in [0.4, 0.5) is 0 Å². The van der Waals surface area contributed by atoms with Crippen LogP contribution in [0.15, 0.2) is 54.5 Å². The summed E-state index contributed by atoms with van der Waals surface area (Å²) in [5.41, 5.74) is 1.38. The highest BCUT2D eigenvalue weighted by Gasteiger charge is 2.23. The van der Waals surface area contributed by atoms with E-state index in [0.29, 0.717) is 5.56 Å². The molecule has 0 bridgehead atoms. The summed E-state index contributed by atoms with van der Waals surface area (Å²) in [5.74, 6) is -0.370. The lowest BCUT2D eigenvalue weighted by Gasteiger charge is -2.10. The van der Waals surface area contributed by atoms with Crippen LogP contribution in [0, 0.1) is 0 Å². The maximum Gasteiger partial charge on any atom is 0.251 e. The largest absolute Gasteiger partial charge is 0.345 e. The predicted octanol–water partition coefficient (Wildman–Crippen LogP) is 0.913. The lowest BCUT2D eigenvalue weighted by atomic mass is 10.2. The molecule has 1 aromatic carbocycles. The van der Waals surface area contributed by atoms with Gasteiger partial charge >= 0.3 is 0 Å². The molecule has 0 spiro atoms. The molecular formula is C14H13N3O3S. The molecule has 2 aromatic rings. The third-order valence-corrected chi connectivity index (χ3v) is 4.57. The molecule has 1 amide bonds. The molecule has 6 nitrogen and oxygen atoms in total. The van der Waals surface area contributed by atoms with Gasteiger partial charge in [-0.1, -0.05) is 0 Å². The molecule has 1 aliphatic heterocycles. The highest BCUT2D eigenvalue weighted by Crippen LogP contribution is 2.11. The number of benzene rings is 1. The summed E-state index contributed by atoms with van der Waals surface area (Å²) < 4.78 is 24.4. The topological polar surface area (TPSA) is 81.1 Å². The first-order valence-electron chi connectivity index (χ1n) is 6.34. The number of carbonyl (C=O) groups excluding carboxylic acids is 1. The van der Waals surface area contributed by atoms with E-state index in [-0.39, 0.29) is 11.7 Å². The molecule has 1 atom stereocenters. The molecule has 3 rings (SSSR count). The van der Waals surface area contributed by atoms with E-state index >= 15 is 0 Å². The van der Waals surface area contributed by atoms with Gasteiger partial charge < -0.3 is 9.88 Å². The number of hydrogen-bond donors (Lipinski definition) is 1. The van der Waals surface area contributed by atoms with Gasteiger partial charge in [0.2, 0.25) is 0 Å². The Morgan fingerprint density at radius 2 is 2.05 bits per heavy atom. The molecule has 1 aromatic heterocycles. The fourth-order valence-electron chi connectivity index (χ4n) is 2.11. The third-order valence-electron chi connectivity index (χ3n) is 3.18. The molecule has 0 saturated carbocycles. The van der Waals surface area contributed by atoms with Crippen LogP contribution in [0.3, 0.4) is 0 Å². The second-order valence-electron chi connectivity index (χ2n) is 4.75. The predicted molar refractivity (Wildman–Crippen MR) is 77.7 cm³/mol. The van der Waals surface area contributed by atoms with Crippen LogP contribution in [-0.2, 0) is 9.84 Å². The van der Waals surface area contributed by atoms with Gasteiger partial charge in [-0.25, -0.2) is 13.4 Å². The molecule has 108 valence electrons. The fourth-order valence-corrected chi connectivity index (χ4v) is 3.35. The number of imidazole rings is 1. The van der Waals surface area contributed by atoms with Gasteiger partial charge in [0.25, 0.3) is 5.91 Å². The normalized spacial score (nSPS) is 19.5. The third kappa shape index (κ3) is 3.03. The minimum Gasteiger partial charge on any atom is -0.345 e. The first-order valence-corrected chi connectivity index (χ1v) is 8.05. The van der Waals surface area contributed by atoms with Gasteiger partial charge in [0, 0.05) is 29.1 Å². The van der Waals surface area contributed by atoms with E-state index < -0.39 is 15.9 Å². The van der Waals surface area contributed by atoms with Gasteiger partial charge in [0.1, 0.15) is 0 Å². The van der Waals surface area contributed by atoms with E-state index in [1.165, 1.54) is 6.08 Å². The molecule has 0 radical (unpaired) electrons. The van der Waals surface area contributed by atoms with Crippen molar-refractivity contribution in [3.63, 3.8) is 0 Å². The average molecular weight is 303 g/mol. The number of nitrogens with one attached hydrogen (secondary N) is 1. The fraction of sp³-hybridized carbons (Fsp3) is 0.143. The summed E-state index contributed by atoms with van der Waals surface area (Å²) in [6, 6.07) is 6.53. The Morgan fingerprint density at radius 3 is 2.62 bits per heavy atom. The van der Waals surface area contributed by atoms with E-state index in [9.17, 15) is 13.2 Å². The van der Waals surface area contributed by atoms with Crippen molar-refractivity contribution in [3.8, 4) is 5.69 Å². The standard InChI is InChI=1S/C14H13N3O3S/c18-14(16-12-5-8-21(19,20)9-12)11-1-3-13(4-2-11)17-7-6-15-10-17/h1-8,10,12H,9H2,(H,16,18). The van der Waals surface area contributed by atoms with Gasteiger partial charge in [-0.3, -0.25) is 4.79 Å². The number of rotatable bonds is 3. The zero-order valence-electron chi connectivity index (χ0n) is 11.0. The molecule has 0 aliphatic carbocycles. The molecule has 0 saturated heterocycles. The molecule has 1 aliphatic rings. The van der Waals surface area contributed by atoms with Gasteiger partial charge in [-0.15, -0.1) is 0 Å². The Labute approximate surface area is 122 Å². The van der Waals surface area contributed by atoms with E-state index in [4.69, 9.17) is 0 Å². The SMILES string of the molecule is O=C(NC1C=CS(=O)(=O)C1)c1ccc(-n2ccnc2)cc1. The molecule has 7 heteroatoms. The first-order chi connectivity index (χ1) is 10.0. The van der Waals surface area contributed by atoms with E-state index in [2.05, 4.69) is 10.3 Å². The van der Waals surface area contributed by atoms with Crippen LogP contribution in [0.1, 0.15) is 10.4 Å². The number of hydrogen-bond acceptors (Lipinski definition) is 4. The molecule has 1 N–H and O–H groups in total. The first kappa shape index (κ1) is 13.6. The van der Waals surface area contributed by atoms with Crippen molar-refractivity contribution in [2.75, 3.05) is 5.75 Å². The Bertz CT molecular complexity index is 777. The highest BCUT2D eigenvalue weighted by atomic mass is 32.2. The van der Waals surface area contributed by atoms with Gasteiger partial charge in [0.15, 0.2) is 9.84 Å². The van der Waals surface area contributed by atoms with E-state index in [1.807, 2.05) is 10.8 Å². The Balaban J connectivity index is 1.70. The van der Waals surface area contributed by atoms with Crippen LogP contribution in [0.2, 0.25) is 0 Å². The lowest BCUT2D eigenvalue weighted by Crippen LogP contribution is -2.35. The summed E-state index contributed by atoms with van der Waals surface area (Å²) >= 11 is 0. The van der Waals surface area contributed by atoms with Crippen molar-refractivity contribution in [2.24, 2.45) is 0 Å². The van der Waals surface area contributed by atoms with Crippen molar-refractivity contribution >= 4 is 15.7 Å². The summed E-state index contributed by atoms with van der Waals surface area (Å²) in [6.45, 7) is 0. The molecule has 21 heavy (non-hydrogen) atoms. The molecule has 2 heterocycles. The second-order valence-corrected chi connectivity index (χ2v) is 6.69. The zero-order valence-corrected chi connectivity index (χ0v) is 11.8. The number of carbonyl (C=O) groups is 1. The Hall–Kier alpha value is -2.41. The zero-order chi connectivity index (χ0) is 14.9. The van der Waals surface area contributed by atoms with Crippen LogP contribution in [-0.4, -0.2) is 35.7 Å². The summed E-state index contributed by atoms with van der Waals surface area (Å²) in [7, 11) is -3.17. The van der Waals surface area contributed by atoms with Crippen LogP contribution in [0.5, 0.6) is 0 Å². The van der Waals surface area contributed by atoms with Crippen LogP contribution in [0.25, 0.3) is 5.69 Å². The van der Waals surface area contributed by atoms with Crippen molar-refractivity contribution in [1.82, 2.24) is 14.9 Å². The van der Waals surface area contributed by atoms with Crippen molar-refractivity contribution in [1.29, 1.82) is 0 Å². The van der Waals surface area contributed by atoms with Gasteiger partial charge in [0.05, 0.1) is 18.1 Å². The van der Waals surface area contributed by atoms with E-state index in [0.717, 1.165) is 11.1 Å². The van der Waals surface area contributed by atoms with E-state index in [1.54, 1.807) is 36.8 Å². The van der Waals surface area contributed by atoms with Crippen molar-refractivity contribution in [3.05, 3.63) is 60.0 Å². The number of aromatic nitrogens is 2. The monoisotopic (exact) mass is 303 g/mol. The van der Waals surface area contributed by atoms with Gasteiger partial charge in [-0.2, -0.15) is 0 Å². The minimum atomic E-state index is -3.17. The van der Waals surface area contributed by atoms with Crippen molar-refractivity contribution < 1.29 is 13.2 Å². The quantitative estimate of drug-likeness (QED) is 0.914. The summed E-state index contributed by atoms with van der Waals surface area (Å²) in [4.78, 5) is 16.0. The van der Waals surface area contributed by atoms with Gasteiger partial charge in [-0.05, 0) is 30.3 Å². The molecular weight excluding hydrogens is 290 g/mol. The number of nitrogens with zero attached hydrogens (tertiary/aromatic N) is 2. The van der Waals surface area contributed by atoms with Crippen molar-refractivity contribution in [2.45, 2.75) is 6.04 Å². The average Bonchev–Trinajstić information content (AvgIpc) is 3.09. The number of amides is 1. The summed E-state index contributed by atoms with van der Waals surface area (Å²) in [5, 5.41) is 3.82. The smallest absolute Gasteiger partial charge is 0.251 e. The maximum atomic E-state index is 12.1. The Kier molecular flexibility index (Phi) is 3.34. The Morgan fingerprint density at radius 1 is 1.29 bits per heavy atom. The number of sulfone groups is 1. The molecule has 0 fully saturated rings. The van der Waals surface area contributed by atoms with Crippen LogP contribution < -0.4 is 5.32 Å². The maximum absolute atomic E-state index is 12.1. The van der Waals surface area contributed by atoms with Crippen LogP contribution >= 0.6 is 0 Å². The second kappa shape index (κ2) is 5.17. The minimum absolute atomic E-state index is 0.0775.